The van der Waals surface area contributed by atoms with Crippen molar-refractivity contribution in [2.24, 2.45) is 10.4 Å². The number of nitrogens with zero attached hydrogens (tertiary/aromatic N) is 1. The van der Waals surface area contributed by atoms with E-state index in [2.05, 4.69) is 4.99 Å². The third kappa shape index (κ3) is 4.01. The summed E-state index contributed by atoms with van der Waals surface area (Å²) in [5, 5.41) is 1.53. The second-order valence-corrected chi connectivity index (χ2v) is 6.86. The molecule has 0 spiro atoms. The van der Waals surface area contributed by atoms with Crippen LogP contribution in [-0.4, -0.2) is 42.8 Å². The van der Waals surface area contributed by atoms with Crippen molar-refractivity contribution >= 4 is 34.8 Å². The fourth-order valence-corrected chi connectivity index (χ4v) is 3.52. The molecule has 1 aliphatic heterocycles. The Labute approximate surface area is 163 Å². The monoisotopic (exact) mass is 417 g/mol. The highest BCUT2D eigenvalue weighted by Crippen LogP contribution is 2.49. The maximum Gasteiger partial charge on any atom is 0.416 e. The Kier molecular flexibility index (Phi) is 6.43. The molecule has 2 rings (SSSR count). The lowest BCUT2D eigenvalue weighted by atomic mass is 9.76. The van der Waals surface area contributed by atoms with Crippen LogP contribution in [0.1, 0.15) is 36.9 Å². The number of esters is 2. The van der Waals surface area contributed by atoms with Gasteiger partial charge in [0.2, 0.25) is 5.78 Å². The van der Waals surface area contributed by atoms with Gasteiger partial charge in [-0.25, -0.2) is 0 Å². The lowest BCUT2D eigenvalue weighted by Gasteiger charge is -2.28. The van der Waals surface area contributed by atoms with E-state index in [1.807, 2.05) is 0 Å². The van der Waals surface area contributed by atoms with Gasteiger partial charge in [0, 0.05) is 0 Å². The Morgan fingerprint density at radius 1 is 1.18 bits per heavy atom. The number of ketones is 1. The summed E-state index contributed by atoms with van der Waals surface area (Å²) in [5.74, 6) is -3.07. The third-order valence-electron chi connectivity index (χ3n) is 4.11. The molecule has 6 nitrogen and oxygen atoms in total. The van der Waals surface area contributed by atoms with E-state index in [4.69, 9.17) is 9.47 Å². The molecule has 0 N–H and O–H groups in total. The molecule has 1 aliphatic rings. The zero-order chi connectivity index (χ0) is 21.1. The van der Waals surface area contributed by atoms with Gasteiger partial charge in [-0.3, -0.25) is 19.4 Å². The number of carbonyl (C=O) groups excluding carboxylic acids is 3. The van der Waals surface area contributed by atoms with Crippen LogP contribution in [0.15, 0.2) is 33.8 Å². The smallest absolute Gasteiger partial charge is 0.416 e. The molecule has 0 bridgehead atoms. The van der Waals surface area contributed by atoms with Crippen molar-refractivity contribution in [1.29, 1.82) is 0 Å². The summed E-state index contributed by atoms with van der Waals surface area (Å²) < 4.78 is 51.5. The predicted molar refractivity (Wildman–Crippen MR) is 95.2 cm³/mol. The fraction of sp³-hybridized carbons (Fsp3) is 0.444. The van der Waals surface area contributed by atoms with Crippen molar-refractivity contribution in [3.8, 4) is 0 Å². The van der Waals surface area contributed by atoms with Crippen LogP contribution in [-0.2, 0) is 19.1 Å². The first-order valence-electron chi connectivity index (χ1n) is 8.38. The van der Waals surface area contributed by atoms with Gasteiger partial charge in [0.1, 0.15) is 11.1 Å². The molecule has 28 heavy (non-hydrogen) atoms. The number of hydrogen-bond acceptors (Lipinski definition) is 7. The standard InChI is InChI=1S/C18H18F3NO5S/c1-4-26-12(23)9-11-17(3,16(25)27-5-2)15(18(19,20)21)13(22-11)14(24)10-7-6-8-28-10/h6-8H,4-5,9H2,1-3H3. The Morgan fingerprint density at radius 3 is 2.32 bits per heavy atom. The minimum absolute atomic E-state index is 0.00275. The zero-order valence-corrected chi connectivity index (χ0v) is 16.2. The van der Waals surface area contributed by atoms with Crippen LogP contribution in [0.5, 0.6) is 0 Å². The van der Waals surface area contributed by atoms with Crippen LogP contribution in [0.25, 0.3) is 0 Å². The van der Waals surface area contributed by atoms with Gasteiger partial charge in [0.25, 0.3) is 0 Å². The summed E-state index contributed by atoms with van der Waals surface area (Å²) in [6.07, 6.45) is -5.73. The molecule has 0 fully saturated rings. The summed E-state index contributed by atoms with van der Waals surface area (Å²) in [6, 6.07) is 2.86. The Morgan fingerprint density at radius 2 is 1.82 bits per heavy atom. The first kappa shape index (κ1) is 21.8. The third-order valence-corrected chi connectivity index (χ3v) is 4.97. The number of ether oxygens (including phenoxy) is 2. The van der Waals surface area contributed by atoms with Gasteiger partial charge >= 0.3 is 18.1 Å². The number of Topliss-reactive ketones (excluding diaryl/α,β-unsaturated/α-hetero) is 1. The maximum absolute atomic E-state index is 14.0. The minimum atomic E-state index is -5.05. The second kappa shape index (κ2) is 8.26. The fourth-order valence-electron chi connectivity index (χ4n) is 2.85. The zero-order valence-electron chi connectivity index (χ0n) is 15.4. The lowest BCUT2D eigenvalue weighted by molar-refractivity contribution is -0.154. The van der Waals surface area contributed by atoms with Crippen LogP contribution in [0, 0.1) is 5.41 Å². The first-order valence-corrected chi connectivity index (χ1v) is 9.26. The largest absolute Gasteiger partial charge is 0.466 e. The topological polar surface area (TPSA) is 82.0 Å². The van der Waals surface area contributed by atoms with Gasteiger partial charge in [-0.05, 0) is 32.2 Å². The number of aliphatic imine (C=N–C) groups is 1. The highest BCUT2D eigenvalue weighted by Gasteiger charge is 2.60. The van der Waals surface area contributed by atoms with Crippen LogP contribution >= 0.6 is 11.3 Å². The van der Waals surface area contributed by atoms with Crippen molar-refractivity contribution in [3.63, 3.8) is 0 Å². The van der Waals surface area contributed by atoms with Gasteiger partial charge in [-0.15, -0.1) is 11.3 Å². The number of allylic oxidation sites excluding steroid dienone is 1. The van der Waals surface area contributed by atoms with E-state index >= 15 is 0 Å². The van der Waals surface area contributed by atoms with Gasteiger partial charge in [0.15, 0.2) is 0 Å². The maximum atomic E-state index is 14.0. The van der Waals surface area contributed by atoms with E-state index < -0.39 is 52.7 Å². The highest BCUT2D eigenvalue weighted by atomic mass is 32.1. The Balaban J connectivity index is 2.66. The molecule has 1 aromatic heterocycles. The van der Waals surface area contributed by atoms with Gasteiger partial charge in [-0.1, -0.05) is 6.07 Å². The van der Waals surface area contributed by atoms with E-state index in [1.54, 1.807) is 0 Å². The molecule has 1 unspecified atom stereocenters. The molecular formula is C18H18F3NO5S. The van der Waals surface area contributed by atoms with Crippen molar-refractivity contribution in [3.05, 3.63) is 33.7 Å². The van der Waals surface area contributed by atoms with Crippen LogP contribution in [0.2, 0.25) is 0 Å². The summed E-state index contributed by atoms with van der Waals surface area (Å²) in [4.78, 5) is 40.9. The van der Waals surface area contributed by atoms with Crippen molar-refractivity contribution in [2.45, 2.75) is 33.4 Å². The molecule has 0 aromatic carbocycles. The molecular weight excluding hydrogens is 399 g/mol. The van der Waals surface area contributed by atoms with E-state index in [9.17, 15) is 27.6 Å². The molecule has 0 saturated carbocycles. The molecule has 2 heterocycles. The number of alkyl halides is 3. The average molecular weight is 417 g/mol. The summed E-state index contributed by atoms with van der Waals surface area (Å²) in [6.45, 7) is 3.75. The van der Waals surface area contributed by atoms with Crippen LogP contribution < -0.4 is 0 Å². The molecule has 0 amide bonds. The molecule has 0 radical (unpaired) electrons. The van der Waals surface area contributed by atoms with E-state index in [0.717, 1.165) is 18.3 Å². The number of carbonyl (C=O) groups is 3. The van der Waals surface area contributed by atoms with Gasteiger partial charge < -0.3 is 9.47 Å². The molecule has 1 atom stereocenters. The summed E-state index contributed by atoms with van der Waals surface area (Å²) >= 11 is 0.944. The summed E-state index contributed by atoms with van der Waals surface area (Å²) in [7, 11) is 0. The van der Waals surface area contributed by atoms with Gasteiger partial charge in [-0.2, -0.15) is 13.2 Å². The lowest BCUT2D eigenvalue weighted by Crippen LogP contribution is -2.43. The number of rotatable bonds is 7. The number of hydrogen-bond donors (Lipinski definition) is 0. The Bertz CT molecular complexity index is 842. The normalized spacial score (nSPS) is 19.4. The minimum Gasteiger partial charge on any atom is -0.466 e. The Hall–Kier alpha value is -2.49. The van der Waals surface area contributed by atoms with Crippen molar-refractivity contribution in [1.82, 2.24) is 0 Å². The molecule has 1 aromatic rings. The second-order valence-electron chi connectivity index (χ2n) is 5.91. The van der Waals surface area contributed by atoms with Crippen molar-refractivity contribution in [2.75, 3.05) is 13.2 Å². The van der Waals surface area contributed by atoms with Gasteiger partial charge in [0.05, 0.1) is 35.8 Å². The molecule has 10 heteroatoms. The van der Waals surface area contributed by atoms with Crippen LogP contribution in [0.4, 0.5) is 13.2 Å². The highest BCUT2D eigenvalue weighted by molar-refractivity contribution is 7.12. The van der Waals surface area contributed by atoms with E-state index in [1.165, 1.54) is 31.4 Å². The quantitative estimate of drug-likeness (QED) is 0.499. The van der Waals surface area contributed by atoms with Crippen molar-refractivity contribution < 1.29 is 37.0 Å². The first-order chi connectivity index (χ1) is 13.1. The van der Waals surface area contributed by atoms with E-state index in [-0.39, 0.29) is 18.1 Å². The summed E-state index contributed by atoms with van der Waals surface area (Å²) in [5.41, 5.74) is -5.21. The van der Waals surface area contributed by atoms with Crippen LogP contribution in [0.3, 0.4) is 0 Å². The predicted octanol–water partition coefficient (Wildman–Crippen LogP) is 3.72. The molecule has 0 saturated heterocycles. The average Bonchev–Trinajstić information content (AvgIpc) is 3.22. The van der Waals surface area contributed by atoms with E-state index in [0.29, 0.717) is 0 Å². The molecule has 0 aliphatic carbocycles. The number of halogens is 3. The molecule has 152 valence electrons. The number of thiophene rings is 1. The SMILES string of the molecule is CCOC(=O)CC1=NC(C(=O)c2cccs2)=C(C(F)(F)F)C1(C)C(=O)OCC.